The van der Waals surface area contributed by atoms with Crippen LogP contribution in [0.15, 0.2) is 59.6 Å². The number of rotatable bonds is 1. The number of carbonyl (C=O) groups is 1. The summed E-state index contributed by atoms with van der Waals surface area (Å²) in [5.74, 6) is -0.917. The number of aromatic nitrogens is 1. The van der Waals surface area contributed by atoms with Crippen molar-refractivity contribution in [3.63, 3.8) is 0 Å². The first-order chi connectivity index (χ1) is 10.7. The normalized spacial score (nSPS) is 14.0. The van der Waals surface area contributed by atoms with Crippen molar-refractivity contribution in [3.05, 3.63) is 60.2 Å². The van der Waals surface area contributed by atoms with Crippen LogP contribution in [0.2, 0.25) is 0 Å². The van der Waals surface area contributed by atoms with Gasteiger partial charge in [-0.25, -0.2) is 4.79 Å². The highest BCUT2D eigenvalue weighted by atomic mass is 16.4. The molecule has 0 unspecified atom stereocenters. The number of hydrogen-bond donors (Lipinski definition) is 1. The van der Waals surface area contributed by atoms with Crippen LogP contribution in [0, 0.1) is 0 Å². The van der Waals surface area contributed by atoms with Crippen molar-refractivity contribution >= 4 is 35.0 Å². The smallest absolute Gasteiger partial charge is 0.335 e. The summed E-state index contributed by atoms with van der Waals surface area (Å²) in [6.07, 6.45) is 5.58. The number of nitrogens with zero attached hydrogens (tertiary/aromatic N) is 2. The van der Waals surface area contributed by atoms with Crippen LogP contribution in [0.1, 0.15) is 10.4 Å². The van der Waals surface area contributed by atoms with Gasteiger partial charge in [-0.2, -0.15) is 0 Å². The van der Waals surface area contributed by atoms with Gasteiger partial charge in [0.2, 0.25) is 0 Å². The fourth-order valence-corrected chi connectivity index (χ4v) is 2.79. The SMILES string of the molecule is O=C(O)c1ccc2c(c1)cc1n2/C=C\C=Nc2ccccc2-1. The van der Waals surface area contributed by atoms with Crippen LogP contribution in [-0.4, -0.2) is 21.9 Å². The molecule has 2 heterocycles. The Bertz CT molecular complexity index is 964. The van der Waals surface area contributed by atoms with E-state index in [2.05, 4.69) is 9.56 Å². The predicted octanol–water partition coefficient (Wildman–Crippen LogP) is 4.19. The zero-order valence-electron chi connectivity index (χ0n) is 11.6. The summed E-state index contributed by atoms with van der Waals surface area (Å²) >= 11 is 0. The molecule has 1 N–H and O–H groups in total. The van der Waals surface area contributed by atoms with E-state index in [0.29, 0.717) is 5.56 Å². The van der Waals surface area contributed by atoms with E-state index in [4.69, 9.17) is 5.11 Å². The van der Waals surface area contributed by atoms with Gasteiger partial charge in [-0.15, -0.1) is 0 Å². The molecule has 0 atom stereocenters. The highest BCUT2D eigenvalue weighted by Gasteiger charge is 2.14. The first kappa shape index (κ1) is 12.6. The van der Waals surface area contributed by atoms with E-state index in [9.17, 15) is 4.79 Å². The van der Waals surface area contributed by atoms with Gasteiger partial charge in [-0.3, -0.25) is 4.99 Å². The molecular formula is C18H12N2O2. The lowest BCUT2D eigenvalue weighted by Crippen LogP contribution is -1.96. The Morgan fingerprint density at radius 1 is 1.09 bits per heavy atom. The van der Waals surface area contributed by atoms with Crippen LogP contribution in [-0.2, 0) is 0 Å². The van der Waals surface area contributed by atoms with E-state index in [1.165, 1.54) is 0 Å². The van der Waals surface area contributed by atoms with Crippen molar-refractivity contribution in [2.75, 3.05) is 0 Å². The van der Waals surface area contributed by atoms with Crippen molar-refractivity contribution in [1.82, 2.24) is 4.57 Å². The third-order valence-electron chi connectivity index (χ3n) is 3.80. The Hall–Kier alpha value is -3.14. The molecule has 4 rings (SSSR count). The van der Waals surface area contributed by atoms with Crippen LogP contribution in [0.3, 0.4) is 0 Å². The molecule has 1 aliphatic rings. The summed E-state index contributed by atoms with van der Waals surface area (Å²) < 4.78 is 2.06. The second-order valence-corrected chi connectivity index (χ2v) is 5.12. The van der Waals surface area contributed by atoms with Gasteiger partial charge in [0.15, 0.2) is 0 Å². The van der Waals surface area contributed by atoms with Crippen LogP contribution in [0.5, 0.6) is 0 Å². The Morgan fingerprint density at radius 3 is 2.82 bits per heavy atom. The number of aliphatic imine (C=N–C) groups is 1. The van der Waals surface area contributed by atoms with Crippen molar-refractivity contribution in [2.24, 2.45) is 4.99 Å². The number of fused-ring (bicyclic) bond motifs is 5. The van der Waals surface area contributed by atoms with E-state index in [0.717, 1.165) is 27.8 Å². The molecule has 0 aliphatic carbocycles. The van der Waals surface area contributed by atoms with Crippen LogP contribution < -0.4 is 0 Å². The average Bonchev–Trinajstić information content (AvgIpc) is 2.86. The summed E-state index contributed by atoms with van der Waals surface area (Å²) in [4.78, 5) is 15.6. The molecule has 4 heteroatoms. The Balaban J connectivity index is 2.06. The molecule has 0 fully saturated rings. The lowest BCUT2D eigenvalue weighted by molar-refractivity contribution is 0.0697. The van der Waals surface area contributed by atoms with Crippen molar-refractivity contribution < 1.29 is 9.90 Å². The first-order valence-electron chi connectivity index (χ1n) is 6.92. The quantitative estimate of drug-likeness (QED) is 0.729. The van der Waals surface area contributed by atoms with Gasteiger partial charge in [0.1, 0.15) is 0 Å². The molecule has 0 saturated heterocycles. The van der Waals surface area contributed by atoms with Gasteiger partial charge in [-0.1, -0.05) is 18.2 Å². The number of benzene rings is 2. The largest absolute Gasteiger partial charge is 0.478 e. The summed E-state index contributed by atoms with van der Waals surface area (Å²) in [5, 5.41) is 10.1. The lowest BCUT2D eigenvalue weighted by atomic mass is 10.1. The fraction of sp³-hybridized carbons (Fsp3) is 0. The van der Waals surface area contributed by atoms with Crippen molar-refractivity contribution in [2.45, 2.75) is 0 Å². The maximum atomic E-state index is 11.2. The molecule has 2 aromatic carbocycles. The molecule has 22 heavy (non-hydrogen) atoms. The van der Waals surface area contributed by atoms with Crippen LogP contribution in [0.25, 0.3) is 28.4 Å². The van der Waals surface area contributed by atoms with Crippen LogP contribution >= 0.6 is 0 Å². The van der Waals surface area contributed by atoms with Gasteiger partial charge in [-0.05, 0) is 36.4 Å². The minimum atomic E-state index is -0.917. The molecule has 0 bridgehead atoms. The van der Waals surface area contributed by atoms with Gasteiger partial charge in [0, 0.05) is 23.4 Å². The fourth-order valence-electron chi connectivity index (χ4n) is 2.79. The third-order valence-corrected chi connectivity index (χ3v) is 3.80. The molecule has 0 spiro atoms. The molecule has 1 aromatic heterocycles. The molecular weight excluding hydrogens is 276 g/mol. The third kappa shape index (κ3) is 1.85. The highest BCUT2D eigenvalue weighted by molar-refractivity contribution is 5.98. The maximum Gasteiger partial charge on any atom is 0.335 e. The summed E-state index contributed by atoms with van der Waals surface area (Å²) in [5.41, 5.74) is 4.19. The molecule has 0 saturated carbocycles. The standard InChI is InChI=1S/C18H12N2O2/c21-18(22)12-6-7-16-13(10-12)11-17-14-4-1-2-5-15(14)19-8-3-9-20(16)17/h1-11H,(H,21,22)/b9-3-,19-8?. The topological polar surface area (TPSA) is 54.6 Å². The summed E-state index contributed by atoms with van der Waals surface area (Å²) in [7, 11) is 0. The number of carboxylic acid groups (broad SMARTS) is 1. The Labute approximate surface area is 126 Å². The minimum Gasteiger partial charge on any atom is -0.478 e. The van der Waals surface area contributed by atoms with E-state index in [1.54, 1.807) is 18.3 Å². The van der Waals surface area contributed by atoms with Gasteiger partial charge >= 0.3 is 5.97 Å². The highest BCUT2D eigenvalue weighted by Crippen LogP contribution is 2.35. The molecule has 0 radical (unpaired) electrons. The Morgan fingerprint density at radius 2 is 1.95 bits per heavy atom. The lowest BCUT2D eigenvalue weighted by Gasteiger charge is -2.10. The van der Waals surface area contributed by atoms with Gasteiger partial charge in [0.05, 0.1) is 22.5 Å². The summed E-state index contributed by atoms with van der Waals surface area (Å²) in [6.45, 7) is 0. The van der Waals surface area contributed by atoms with E-state index in [1.807, 2.05) is 48.7 Å². The van der Waals surface area contributed by atoms with Gasteiger partial charge < -0.3 is 9.67 Å². The summed E-state index contributed by atoms with van der Waals surface area (Å²) in [6, 6.07) is 15.1. The minimum absolute atomic E-state index is 0.291. The Kier molecular flexibility index (Phi) is 2.69. The molecule has 0 amide bonds. The number of aromatic carboxylic acids is 1. The molecule has 1 aliphatic heterocycles. The number of allylic oxidation sites excluding steroid dienone is 1. The molecule has 106 valence electrons. The zero-order valence-corrected chi connectivity index (χ0v) is 11.6. The first-order valence-corrected chi connectivity index (χ1v) is 6.92. The monoisotopic (exact) mass is 288 g/mol. The zero-order chi connectivity index (χ0) is 15.1. The van der Waals surface area contributed by atoms with Crippen molar-refractivity contribution in [3.8, 4) is 11.3 Å². The maximum absolute atomic E-state index is 11.2. The predicted molar refractivity (Wildman–Crippen MR) is 87.8 cm³/mol. The molecule has 3 aromatic rings. The average molecular weight is 288 g/mol. The van der Waals surface area contributed by atoms with Crippen molar-refractivity contribution in [1.29, 1.82) is 0 Å². The number of hydrogen-bond acceptors (Lipinski definition) is 2. The number of para-hydroxylation sites is 1. The van der Waals surface area contributed by atoms with Crippen LogP contribution in [0.4, 0.5) is 5.69 Å². The second kappa shape index (κ2) is 4.70. The van der Waals surface area contributed by atoms with E-state index in [-0.39, 0.29) is 0 Å². The second-order valence-electron chi connectivity index (χ2n) is 5.12. The van der Waals surface area contributed by atoms with Gasteiger partial charge in [0.25, 0.3) is 0 Å². The van der Waals surface area contributed by atoms with E-state index < -0.39 is 5.97 Å². The molecule has 4 nitrogen and oxygen atoms in total. The number of carboxylic acids is 1. The van der Waals surface area contributed by atoms with E-state index >= 15 is 0 Å².